The summed E-state index contributed by atoms with van der Waals surface area (Å²) >= 11 is 3.45. The zero-order valence-electron chi connectivity index (χ0n) is 11.8. The summed E-state index contributed by atoms with van der Waals surface area (Å²) in [5.41, 5.74) is 3.02. The van der Waals surface area contributed by atoms with Crippen molar-refractivity contribution >= 4 is 32.7 Å². The van der Waals surface area contributed by atoms with Crippen molar-refractivity contribution in [2.75, 3.05) is 5.32 Å². The highest BCUT2D eigenvalue weighted by atomic mass is 79.9. The molecule has 1 aliphatic carbocycles. The van der Waals surface area contributed by atoms with Gasteiger partial charge in [-0.1, -0.05) is 26.2 Å². The number of anilines is 1. The van der Waals surface area contributed by atoms with Crippen LogP contribution < -0.4 is 5.32 Å². The molecule has 2 unspecified atom stereocenters. The molecule has 1 N–H and O–H groups in total. The van der Waals surface area contributed by atoms with Crippen molar-refractivity contribution in [2.24, 2.45) is 5.92 Å². The highest BCUT2D eigenvalue weighted by Gasteiger charge is 2.21. The molecular formula is C16H20BrN3. The molecule has 0 aliphatic heterocycles. The molecule has 3 nitrogen and oxygen atoms in total. The highest BCUT2D eigenvalue weighted by Crippen LogP contribution is 2.30. The molecule has 0 spiro atoms. The molecule has 106 valence electrons. The van der Waals surface area contributed by atoms with E-state index in [0.29, 0.717) is 6.04 Å². The second kappa shape index (κ2) is 6.08. The molecule has 2 aromatic heterocycles. The van der Waals surface area contributed by atoms with Crippen molar-refractivity contribution in [3.05, 3.63) is 29.0 Å². The third-order valence-electron chi connectivity index (χ3n) is 4.26. The number of rotatable bonds is 3. The molecule has 0 bridgehead atoms. The zero-order chi connectivity index (χ0) is 13.9. The lowest BCUT2D eigenvalue weighted by Gasteiger charge is -2.30. The number of hydrogen-bond donors (Lipinski definition) is 1. The van der Waals surface area contributed by atoms with Gasteiger partial charge in [0.15, 0.2) is 0 Å². The molecule has 3 rings (SSSR count). The number of hydrogen-bond acceptors (Lipinski definition) is 3. The van der Waals surface area contributed by atoms with Crippen molar-refractivity contribution in [1.82, 2.24) is 9.97 Å². The van der Waals surface area contributed by atoms with Gasteiger partial charge in [0.05, 0.1) is 11.2 Å². The molecule has 2 aromatic rings. The monoisotopic (exact) mass is 333 g/mol. The van der Waals surface area contributed by atoms with Crippen molar-refractivity contribution in [3.8, 4) is 0 Å². The largest absolute Gasteiger partial charge is 0.380 e. The SMILES string of the molecule is CCC1CCCC(Nc2ccnc3cc(Br)cnc23)C1. The molecule has 0 amide bonds. The quantitative estimate of drug-likeness (QED) is 0.878. The fourth-order valence-corrected chi connectivity index (χ4v) is 3.45. The molecule has 1 aliphatic rings. The maximum absolute atomic E-state index is 4.51. The zero-order valence-corrected chi connectivity index (χ0v) is 13.4. The predicted octanol–water partition coefficient (Wildman–Crippen LogP) is 4.77. The fraction of sp³-hybridized carbons (Fsp3) is 0.500. The van der Waals surface area contributed by atoms with Crippen LogP contribution in [0.2, 0.25) is 0 Å². The Balaban J connectivity index is 1.83. The van der Waals surface area contributed by atoms with E-state index >= 15 is 0 Å². The first-order valence-corrected chi connectivity index (χ1v) is 8.22. The van der Waals surface area contributed by atoms with Crippen LogP contribution in [0.5, 0.6) is 0 Å². The molecule has 0 radical (unpaired) electrons. The summed E-state index contributed by atoms with van der Waals surface area (Å²) < 4.78 is 0.971. The summed E-state index contributed by atoms with van der Waals surface area (Å²) in [4.78, 5) is 8.91. The topological polar surface area (TPSA) is 37.8 Å². The lowest BCUT2D eigenvalue weighted by molar-refractivity contribution is 0.327. The molecule has 1 saturated carbocycles. The molecule has 2 heterocycles. The maximum Gasteiger partial charge on any atom is 0.112 e. The number of nitrogens with one attached hydrogen (secondary N) is 1. The van der Waals surface area contributed by atoms with Crippen LogP contribution in [0, 0.1) is 5.92 Å². The number of aromatic nitrogens is 2. The lowest BCUT2D eigenvalue weighted by Crippen LogP contribution is -2.27. The van der Waals surface area contributed by atoms with E-state index in [-0.39, 0.29) is 0 Å². The Morgan fingerprint density at radius 3 is 3.10 bits per heavy atom. The second-order valence-electron chi connectivity index (χ2n) is 5.66. The van der Waals surface area contributed by atoms with Crippen molar-refractivity contribution in [2.45, 2.75) is 45.1 Å². The van der Waals surface area contributed by atoms with Crippen LogP contribution in [0.4, 0.5) is 5.69 Å². The molecule has 0 aromatic carbocycles. The first kappa shape index (κ1) is 13.8. The van der Waals surface area contributed by atoms with E-state index in [0.717, 1.165) is 27.1 Å². The third-order valence-corrected chi connectivity index (χ3v) is 4.70. The van der Waals surface area contributed by atoms with Gasteiger partial charge in [0.25, 0.3) is 0 Å². The highest BCUT2D eigenvalue weighted by molar-refractivity contribution is 9.10. The van der Waals surface area contributed by atoms with E-state index in [4.69, 9.17) is 0 Å². The third kappa shape index (κ3) is 2.95. The van der Waals surface area contributed by atoms with Gasteiger partial charge in [-0.05, 0) is 46.8 Å². The minimum Gasteiger partial charge on any atom is -0.380 e. The van der Waals surface area contributed by atoms with Crippen LogP contribution >= 0.6 is 15.9 Å². The van der Waals surface area contributed by atoms with Crippen molar-refractivity contribution in [1.29, 1.82) is 0 Å². The Kier molecular flexibility index (Phi) is 4.20. The van der Waals surface area contributed by atoms with E-state index in [9.17, 15) is 0 Å². The first-order chi connectivity index (χ1) is 9.76. The Hall–Kier alpha value is -1.16. The van der Waals surface area contributed by atoms with Crippen LogP contribution in [-0.4, -0.2) is 16.0 Å². The van der Waals surface area contributed by atoms with Gasteiger partial charge in [0.2, 0.25) is 0 Å². The number of nitrogens with zero attached hydrogens (tertiary/aromatic N) is 2. The normalized spacial score (nSPS) is 22.9. The Morgan fingerprint density at radius 2 is 2.25 bits per heavy atom. The average molecular weight is 334 g/mol. The summed E-state index contributed by atoms with van der Waals surface area (Å²) in [7, 11) is 0. The minimum atomic E-state index is 0.574. The van der Waals surface area contributed by atoms with Crippen molar-refractivity contribution < 1.29 is 0 Å². The van der Waals surface area contributed by atoms with Crippen LogP contribution in [0.1, 0.15) is 39.0 Å². The van der Waals surface area contributed by atoms with E-state index in [2.05, 4.69) is 38.1 Å². The van der Waals surface area contributed by atoms with Gasteiger partial charge < -0.3 is 5.32 Å². The molecule has 0 saturated heterocycles. The summed E-state index contributed by atoms with van der Waals surface area (Å²) in [5.74, 6) is 0.872. The second-order valence-corrected chi connectivity index (χ2v) is 6.58. The van der Waals surface area contributed by atoms with Gasteiger partial charge in [-0.3, -0.25) is 9.97 Å². The van der Waals surface area contributed by atoms with Crippen LogP contribution in [0.3, 0.4) is 0 Å². The molecule has 2 atom stereocenters. The Morgan fingerprint density at radius 1 is 1.35 bits per heavy atom. The van der Waals surface area contributed by atoms with Gasteiger partial charge in [-0.2, -0.15) is 0 Å². The predicted molar refractivity (Wildman–Crippen MR) is 86.9 cm³/mol. The minimum absolute atomic E-state index is 0.574. The first-order valence-electron chi connectivity index (χ1n) is 7.43. The summed E-state index contributed by atoms with van der Waals surface area (Å²) in [6, 6.07) is 4.63. The van der Waals surface area contributed by atoms with Gasteiger partial charge in [0, 0.05) is 22.9 Å². The van der Waals surface area contributed by atoms with E-state index in [1.54, 1.807) is 0 Å². The van der Waals surface area contributed by atoms with Gasteiger partial charge >= 0.3 is 0 Å². The molecule has 20 heavy (non-hydrogen) atoms. The summed E-state index contributed by atoms with van der Waals surface area (Å²) in [5, 5.41) is 3.69. The fourth-order valence-electron chi connectivity index (χ4n) is 3.13. The molecular weight excluding hydrogens is 314 g/mol. The van der Waals surface area contributed by atoms with Crippen LogP contribution in [0.25, 0.3) is 11.0 Å². The lowest BCUT2D eigenvalue weighted by atomic mass is 9.84. The summed E-state index contributed by atoms with van der Waals surface area (Å²) in [6.45, 7) is 2.30. The molecule has 4 heteroatoms. The number of pyridine rings is 2. The van der Waals surface area contributed by atoms with Gasteiger partial charge in [-0.15, -0.1) is 0 Å². The number of halogens is 1. The van der Waals surface area contributed by atoms with Gasteiger partial charge in [-0.25, -0.2) is 0 Å². The maximum atomic E-state index is 4.51. The summed E-state index contributed by atoms with van der Waals surface area (Å²) in [6.07, 6.45) is 10.2. The van der Waals surface area contributed by atoms with Crippen LogP contribution in [-0.2, 0) is 0 Å². The average Bonchev–Trinajstić information content (AvgIpc) is 2.47. The van der Waals surface area contributed by atoms with E-state index < -0.39 is 0 Å². The van der Waals surface area contributed by atoms with Crippen molar-refractivity contribution in [3.63, 3.8) is 0 Å². The smallest absolute Gasteiger partial charge is 0.112 e. The molecule has 1 fully saturated rings. The van der Waals surface area contributed by atoms with Gasteiger partial charge in [0.1, 0.15) is 5.52 Å². The van der Waals surface area contributed by atoms with E-state index in [1.807, 2.05) is 24.5 Å². The van der Waals surface area contributed by atoms with Crippen LogP contribution in [0.15, 0.2) is 29.0 Å². The number of fused-ring (bicyclic) bond motifs is 1. The van der Waals surface area contributed by atoms with E-state index in [1.165, 1.54) is 32.1 Å². The Labute approximate surface area is 128 Å². The standard InChI is InChI=1S/C16H20BrN3/c1-2-11-4-3-5-13(8-11)20-14-6-7-18-15-9-12(17)10-19-16(14)15/h6-7,9-11,13H,2-5,8H2,1H3,(H,18,20). The Bertz CT molecular complexity index is 599.